The van der Waals surface area contributed by atoms with Gasteiger partial charge in [-0.25, -0.2) is 4.79 Å². The van der Waals surface area contributed by atoms with Crippen molar-refractivity contribution in [3.8, 4) is 5.75 Å². The number of nitrogens with one attached hydrogen (secondary N) is 1. The second-order valence-corrected chi connectivity index (χ2v) is 11.3. The summed E-state index contributed by atoms with van der Waals surface area (Å²) in [5.74, 6) is 2.70. The number of hydrogen-bond acceptors (Lipinski definition) is 8. The number of hydrogen-bond donors (Lipinski definition) is 1. The van der Waals surface area contributed by atoms with Gasteiger partial charge in [-0.1, -0.05) is 0 Å². The molecule has 0 spiro atoms. The minimum Gasteiger partial charge on any atom is -0.495 e. The molecular formula is C26H28N4O5S2. The van der Waals surface area contributed by atoms with Gasteiger partial charge in [-0.3, -0.25) is 19.5 Å². The monoisotopic (exact) mass is 540 g/mol. The van der Waals surface area contributed by atoms with Crippen LogP contribution in [-0.2, 0) is 16.1 Å². The molecule has 1 unspecified atom stereocenters. The standard InChI is InChI=1S/C26H28N4O5S2/c1-34-19-14-21-20(28-15-19)4-6-24(32)29(21)10-2-7-26(8-9-27-17-31)16-30(25(33)35-26)18-3-5-22-23(13-18)37-12-11-36-22/h3-6,13-15,17H,2,7-12,16H2,1H3,(H,27,31). The van der Waals surface area contributed by atoms with Crippen LogP contribution in [0.3, 0.4) is 0 Å². The van der Waals surface area contributed by atoms with Gasteiger partial charge in [0.2, 0.25) is 6.41 Å². The van der Waals surface area contributed by atoms with Gasteiger partial charge in [0, 0.05) is 58.6 Å². The predicted octanol–water partition coefficient (Wildman–Crippen LogP) is 3.91. The van der Waals surface area contributed by atoms with E-state index >= 15 is 0 Å². The fourth-order valence-electron chi connectivity index (χ4n) is 4.82. The summed E-state index contributed by atoms with van der Waals surface area (Å²) in [6.07, 6.45) is 3.48. The summed E-state index contributed by atoms with van der Waals surface area (Å²) < 4.78 is 13.0. The molecule has 0 radical (unpaired) electrons. The van der Waals surface area contributed by atoms with Crippen molar-refractivity contribution in [2.75, 3.05) is 36.6 Å². The Bertz CT molecular complexity index is 1380. The number of carbonyl (C=O) groups excluding carboxylic acids is 2. The van der Waals surface area contributed by atoms with E-state index in [0.29, 0.717) is 62.1 Å². The van der Waals surface area contributed by atoms with Crippen LogP contribution in [0.5, 0.6) is 5.75 Å². The van der Waals surface area contributed by atoms with Crippen molar-refractivity contribution in [1.82, 2.24) is 14.9 Å². The SMILES string of the molecule is COc1cnc2ccc(=O)n(CCCC3(CCNC=O)CN(c4ccc5c(c4)SCCS5)C(=O)O3)c2c1. The molecule has 2 aliphatic rings. The lowest BCUT2D eigenvalue weighted by molar-refractivity contribution is -0.109. The summed E-state index contributed by atoms with van der Waals surface area (Å²) >= 11 is 3.63. The molecule has 194 valence electrons. The zero-order valence-electron chi connectivity index (χ0n) is 20.5. The van der Waals surface area contributed by atoms with Crippen LogP contribution in [0.1, 0.15) is 19.3 Å². The van der Waals surface area contributed by atoms with E-state index in [2.05, 4.69) is 22.4 Å². The maximum atomic E-state index is 13.0. The lowest BCUT2D eigenvalue weighted by Gasteiger charge is -2.27. The van der Waals surface area contributed by atoms with Crippen molar-refractivity contribution >= 4 is 52.7 Å². The Morgan fingerprint density at radius 3 is 2.78 bits per heavy atom. The third-order valence-electron chi connectivity index (χ3n) is 6.68. The fourth-order valence-corrected chi connectivity index (χ4v) is 7.06. The first kappa shape index (κ1) is 25.5. The zero-order chi connectivity index (χ0) is 25.8. The van der Waals surface area contributed by atoms with Gasteiger partial charge in [-0.15, -0.1) is 23.5 Å². The Morgan fingerprint density at radius 2 is 1.97 bits per heavy atom. The Kier molecular flexibility index (Phi) is 7.61. The van der Waals surface area contributed by atoms with E-state index in [1.807, 2.05) is 17.8 Å². The number of nitrogens with zero attached hydrogens (tertiary/aromatic N) is 3. The van der Waals surface area contributed by atoms with Crippen LogP contribution in [0.25, 0.3) is 11.0 Å². The number of pyridine rings is 2. The number of fused-ring (bicyclic) bond motifs is 2. The van der Waals surface area contributed by atoms with Gasteiger partial charge in [0.05, 0.1) is 30.9 Å². The maximum Gasteiger partial charge on any atom is 0.415 e. The molecule has 4 heterocycles. The topological polar surface area (TPSA) is 103 Å². The summed E-state index contributed by atoms with van der Waals surface area (Å²) in [7, 11) is 1.56. The predicted molar refractivity (Wildman–Crippen MR) is 145 cm³/mol. The Labute approximate surface area is 222 Å². The van der Waals surface area contributed by atoms with Gasteiger partial charge in [-0.05, 0) is 37.1 Å². The Balaban J connectivity index is 1.36. The highest BCUT2D eigenvalue weighted by atomic mass is 32.2. The average molecular weight is 541 g/mol. The minimum absolute atomic E-state index is 0.131. The number of thioether (sulfide) groups is 2. The van der Waals surface area contributed by atoms with Gasteiger partial charge >= 0.3 is 6.09 Å². The molecule has 9 nitrogen and oxygen atoms in total. The van der Waals surface area contributed by atoms with E-state index in [-0.39, 0.29) is 5.56 Å². The zero-order valence-corrected chi connectivity index (χ0v) is 22.1. The number of ether oxygens (including phenoxy) is 2. The van der Waals surface area contributed by atoms with Crippen molar-refractivity contribution in [3.05, 3.63) is 52.9 Å². The quantitative estimate of drug-likeness (QED) is 0.305. The summed E-state index contributed by atoms with van der Waals surface area (Å²) in [6.45, 7) is 1.19. The normalized spacial score (nSPS) is 18.9. The highest BCUT2D eigenvalue weighted by molar-refractivity contribution is 8.05. The molecule has 1 fully saturated rings. The summed E-state index contributed by atoms with van der Waals surface area (Å²) in [5.41, 5.74) is 1.29. The molecule has 1 saturated heterocycles. The van der Waals surface area contributed by atoms with Crippen LogP contribution >= 0.6 is 23.5 Å². The van der Waals surface area contributed by atoms with E-state index in [9.17, 15) is 14.4 Å². The molecule has 1 atom stereocenters. The molecule has 11 heteroatoms. The largest absolute Gasteiger partial charge is 0.495 e. The van der Waals surface area contributed by atoms with Crippen molar-refractivity contribution in [2.45, 2.75) is 41.2 Å². The lowest BCUT2D eigenvalue weighted by Crippen LogP contribution is -2.38. The van der Waals surface area contributed by atoms with Crippen molar-refractivity contribution < 1.29 is 19.1 Å². The molecule has 37 heavy (non-hydrogen) atoms. The first-order valence-electron chi connectivity index (χ1n) is 12.1. The van der Waals surface area contributed by atoms with E-state index in [0.717, 1.165) is 17.2 Å². The van der Waals surface area contributed by atoms with Gasteiger partial charge in [-0.2, -0.15) is 0 Å². The number of rotatable bonds is 10. The van der Waals surface area contributed by atoms with Crippen LogP contribution in [-0.4, -0.2) is 59.4 Å². The minimum atomic E-state index is -0.783. The molecule has 1 N–H and O–H groups in total. The van der Waals surface area contributed by atoms with Gasteiger partial charge < -0.3 is 19.4 Å². The number of cyclic esters (lactones) is 1. The van der Waals surface area contributed by atoms with Gasteiger partial charge in [0.25, 0.3) is 5.56 Å². The first-order chi connectivity index (χ1) is 18.0. The highest BCUT2D eigenvalue weighted by Crippen LogP contribution is 2.41. The van der Waals surface area contributed by atoms with E-state index in [1.54, 1.807) is 46.7 Å². The summed E-state index contributed by atoms with van der Waals surface area (Å²) in [5, 5.41) is 2.69. The third kappa shape index (κ3) is 5.42. The van der Waals surface area contributed by atoms with E-state index in [1.165, 1.54) is 15.9 Å². The van der Waals surface area contributed by atoms with Crippen molar-refractivity contribution in [2.24, 2.45) is 0 Å². The fraction of sp³-hybridized carbons (Fsp3) is 0.385. The van der Waals surface area contributed by atoms with Crippen LogP contribution in [0.15, 0.2) is 57.2 Å². The molecule has 0 bridgehead atoms. The van der Waals surface area contributed by atoms with Crippen molar-refractivity contribution in [1.29, 1.82) is 0 Å². The van der Waals surface area contributed by atoms with Crippen LogP contribution in [0.2, 0.25) is 0 Å². The second-order valence-electron chi connectivity index (χ2n) is 8.99. The van der Waals surface area contributed by atoms with Gasteiger partial charge in [0.15, 0.2) is 0 Å². The molecule has 0 aliphatic carbocycles. The van der Waals surface area contributed by atoms with E-state index in [4.69, 9.17) is 9.47 Å². The number of anilines is 1. The molecular weight excluding hydrogens is 512 g/mol. The third-order valence-corrected chi connectivity index (χ3v) is 9.20. The number of methoxy groups -OCH3 is 1. The Morgan fingerprint density at radius 1 is 1.14 bits per heavy atom. The first-order valence-corrected chi connectivity index (χ1v) is 14.1. The number of carbonyl (C=O) groups is 2. The molecule has 2 aliphatic heterocycles. The van der Waals surface area contributed by atoms with Crippen LogP contribution in [0.4, 0.5) is 10.5 Å². The molecule has 1 aromatic carbocycles. The molecule has 0 saturated carbocycles. The van der Waals surface area contributed by atoms with Crippen molar-refractivity contribution in [3.63, 3.8) is 0 Å². The number of aryl methyl sites for hydroxylation is 1. The average Bonchev–Trinajstić information content (AvgIpc) is 3.25. The molecule has 5 rings (SSSR count). The highest BCUT2D eigenvalue weighted by Gasteiger charge is 2.45. The number of aromatic nitrogens is 2. The lowest BCUT2D eigenvalue weighted by atomic mass is 9.93. The second kappa shape index (κ2) is 11.1. The summed E-state index contributed by atoms with van der Waals surface area (Å²) in [4.78, 5) is 45.1. The maximum absolute atomic E-state index is 13.0. The van der Waals surface area contributed by atoms with Crippen LogP contribution < -0.4 is 20.5 Å². The number of amides is 2. The molecule has 3 aromatic rings. The van der Waals surface area contributed by atoms with Crippen LogP contribution in [0, 0.1) is 0 Å². The van der Waals surface area contributed by atoms with E-state index < -0.39 is 11.7 Å². The summed E-state index contributed by atoms with van der Waals surface area (Å²) in [6, 6.07) is 11.1. The number of benzene rings is 1. The van der Waals surface area contributed by atoms with Gasteiger partial charge in [0.1, 0.15) is 11.4 Å². The molecule has 2 aromatic heterocycles. The Hall–Kier alpha value is -3.18. The smallest absolute Gasteiger partial charge is 0.415 e. The molecule has 2 amide bonds.